The zero-order chi connectivity index (χ0) is 18.2. The number of nitrogens with one attached hydrogen (secondary N) is 2. The number of carbonyl (C=O) groups excluding carboxylic acids is 1. The number of hydrogen-bond acceptors (Lipinski definition) is 3. The quantitative estimate of drug-likeness (QED) is 0.758. The number of benzene rings is 2. The Hall–Kier alpha value is -2.11. The molecule has 0 heterocycles. The molecule has 5 nitrogen and oxygen atoms in total. The van der Waals surface area contributed by atoms with Gasteiger partial charge in [-0.3, -0.25) is 0 Å². The summed E-state index contributed by atoms with van der Waals surface area (Å²) in [5.74, 6) is 1.27. The van der Waals surface area contributed by atoms with Crippen molar-refractivity contribution in [3.8, 4) is 11.5 Å². The number of methoxy groups -OCH3 is 2. The van der Waals surface area contributed by atoms with Gasteiger partial charge in [-0.15, -0.1) is 0 Å². The van der Waals surface area contributed by atoms with Crippen LogP contribution in [-0.2, 0) is 13.0 Å². The van der Waals surface area contributed by atoms with Gasteiger partial charge in [0.2, 0.25) is 0 Å². The second-order valence-electron chi connectivity index (χ2n) is 5.28. The molecule has 0 saturated carbocycles. The molecule has 0 fully saturated rings. The number of hydrogen-bond donors (Lipinski definition) is 2. The Morgan fingerprint density at radius 3 is 2.44 bits per heavy atom. The fraction of sp³-hybridized carbons (Fsp3) is 0.278. The van der Waals surface area contributed by atoms with Gasteiger partial charge in [0.15, 0.2) is 11.5 Å². The molecule has 2 aromatic rings. The molecular formula is C18H20Cl2N2O3. The highest BCUT2D eigenvalue weighted by molar-refractivity contribution is 6.35. The van der Waals surface area contributed by atoms with E-state index in [0.717, 1.165) is 11.1 Å². The van der Waals surface area contributed by atoms with Crippen LogP contribution in [-0.4, -0.2) is 26.8 Å². The molecule has 0 aliphatic rings. The van der Waals surface area contributed by atoms with Crippen LogP contribution in [0, 0.1) is 0 Å². The molecule has 0 aliphatic carbocycles. The average Bonchev–Trinajstić information content (AvgIpc) is 2.61. The second-order valence-corrected chi connectivity index (χ2v) is 6.13. The Morgan fingerprint density at radius 1 is 1.00 bits per heavy atom. The van der Waals surface area contributed by atoms with Crippen molar-refractivity contribution >= 4 is 29.2 Å². The molecule has 2 aromatic carbocycles. The number of halogens is 2. The SMILES string of the molecule is COc1ccc(CNC(=O)NCCc2ccc(Cl)cc2Cl)cc1OC. The number of urea groups is 1. The van der Waals surface area contributed by atoms with E-state index in [9.17, 15) is 4.79 Å². The summed E-state index contributed by atoms with van der Waals surface area (Å²) in [5, 5.41) is 6.78. The van der Waals surface area contributed by atoms with Gasteiger partial charge in [0.05, 0.1) is 14.2 Å². The molecule has 0 bridgehead atoms. The largest absolute Gasteiger partial charge is 0.493 e. The highest BCUT2D eigenvalue weighted by Gasteiger charge is 2.06. The van der Waals surface area contributed by atoms with E-state index in [1.54, 1.807) is 32.4 Å². The molecule has 0 saturated heterocycles. The van der Waals surface area contributed by atoms with Crippen LogP contribution in [0.1, 0.15) is 11.1 Å². The van der Waals surface area contributed by atoms with Crippen molar-refractivity contribution in [1.29, 1.82) is 0 Å². The van der Waals surface area contributed by atoms with Gasteiger partial charge < -0.3 is 20.1 Å². The van der Waals surface area contributed by atoms with Crippen LogP contribution in [0.5, 0.6) is 11.5 Å². The normalized spacial score (nSPS) is 10.2. The van der Waals surface area contributed by atoms with Crippen molar-refractivity contribution in [2.45, 2.75) is 13.0 Å². The fourth-order valence-electron chi connectivity index (χ4n) is 2.27. The third-order valence-corrected chi connectivity index (χ3v) is 4.18. The zero-order valence-electron chi connectivity index (χ0n) is 14.1. The third kappa shape index (κ3) is 5.73. The Bertz CT molecular complexity index is 738. The summed E-state index contributed by atoms with van der Waals surface area (Å²) in [7, 11) is 3.15. The molecule has 134 valence electrons. The minimum absolute atomic E-state index is 0.250. The first-order valence-electron chi connectivity index (χ1n) is 7.70. The van der Waals surface area contributed by atoms with Gasteiger partial charge in [0.25, 0.3) is 0 Å². The van der Waals surface area contributed by atoms with Gasteiger partial charge in [0.1, 0.15) is 0 Å². The van der Waals surface area contributed by atoms with Crippen LogP contribution in [0.3, 0.4) is 0 Å². The van der Waals surface area contributed by atoms with Gasteiger partial charge in [-0.2, -0.15) is 0 Å². The maximum absolute atomic E-state index is 11.9. The van der Waals surface area contributed by atoms with Gasteiger partial charge in [-0.1, -0.05) is 35.3 Å². The molecule has 0 aliphatic heterocycles. The first-order valence-corrected chi connectivity index (χ1v) is 8.45. The summed E-state index contributed by atoms with van der Waals surface area (Å²) in [6.07, 6.45) is 0.625. The molecule has 25 heavy (non-hydrogen) atoms. The maximum Gasteiger partial charge on any atom is 0.315 e. The minimum Gasteiger partial charge on any atom is -0.493 e. The van der Waals surface area contributed by atoms with E-state index in [4.69, 9.17) is 32.7 Å². The van der Waals surface area contributed by atoms with Crippen LogP contribution in [0.4, 0.5) is 4.79 Å². The molecule has 7 heteroatoms. The highest BCUT2D eigenvalue weighted by Crippen LogP contribution is 2.27. The predicted octanol–water partition coefficient (Wildman–Crippen LogP) is 4.05. The first kappa shape index (κ1) is 19.2. The third-order valence-electron chi connectivity index (χ3n) is 3.60. The summed E-state index contributed by atoms with van der Waals surface area (Å²) in [5.41, 5.74) is 1.85. The molecule has 0 atom stereocenters. The van der Waals surface area contributed by atoms with E-state index in [1.165, 1.54) is 0 Å². The van der Waals surface area contributed by atoms with Crippen LogP contribution in [0.15, 0.2) is 36.4 Å². The summed E-state index contributed by atoms with van der Waals surface area (Å²) < 4.78 is 10.4. The van der Waals surface area contributed by atoms with E-state index in [2.05, 4.69) is 10.6 Å². The highest BCUT2D eigenvalue weighted by atomic mass is 35.5. The lowest BCUT2D eigenvalue weighted by atomic mass is 10.1. The van der Waals surface area contributed by atoms with Gasteiger partial charge in [-0.05, 0) is 41.8 Å². The van der Waals surface area contributed by atoms with Crippen LogP contribution >= 0.6 is 23.2 Å². The predicted molar refractivity (Wildman–Crippen MR) is 100.0 cm³/mol. The molecule has 2 amide bonds. The molecular weight excluding hydrogens is 363 g/mol. The van der Waals surface area contributed by atoms with Crippen molar-refractivity contribution < 1.29 is 14.3 Å². The van der Waals surface area contributed by atoms with Gasteiger partial charge in [0, 0.05) is 23.1 Å². The van der Waals surface area contributed by atoms with Crippen molar-refractivity contribution in [3.63, 3.8) is 0 Å². The zero-order valence-corrected chi connectivity index (χ0v) is 15.6. The van der Waals surface area contributed by atoms with E-state index in [1.807, 2.05) is 18.2 Å². The van der Waals surface area contributed by atoms with Gasteiger partial charge >= 0.3 is 6.03 Å². The average molecular weight is 383 g/mol. The lowest BCUT2D eigenvalue weighted by Crippen LogP contribution is -2.36. The van der Waals surface area contributed by atoms with E-state index < -0.39 is 0 Å². The lowest BCUT2D eigenvalue weighted by molar-refractivity contribution is 0.240. The van der Waals surface area contributed by atoms with Crippen molar-refractivity contribution in [3.05, 3.63) is 57.6 Å². The Labute approximate surface area is 157 Å². The van der Waals surface area contributed by atoms with E-state index in [-0.39, 0.29) is 6.03 Å². The number of amides is 2. The lowest BCUT2D eigenvalue weighted by Gasteiger charge is -2.11. The van der Waals surface area contributed by atoms with Crippen LogP contribution < -0.4 is 20.1 Å². The van der Waals surface area contributed by atoms with Crippen molar-refractivity contribution in [2.24, 2.45) is 0 Å². The van der Waals surface area contributed by atoms with Crippen LogP contribution in [0.2, 0.25) is 10.0 Å². The molecule has 0 aromatic heterocycles. The van der Waals surface area contributed by atoms with E-state index in [0.29, 0.717) is 41.1 Å². The topological polar surface area (TPSA) is 59.6 Å². The molecule has 0 unspecified atom stereocenters. The fourth-order valence-corrected chi connectivity index (χ4v) is 2.77. The summed E-state index contributed by atoms with van der Waals surface area (Å²) in [6, 6.07) is 10.6. The monoisotopic (exact) mass is 382 g/mol. The number of ether oxygens (including phenoxy) is 2. The second kappa shape index (κ2) is 9.39. The van der Waals surface area contributed by atoms with E-state index >= 15 is 0 Å². The summed E-state index contributed by atoms with van der Waals surface area (Å²) >= 11 is 12.0. The minimum atomic E-state index is -0.250. The Morgan fingerprint density at radius 2 is 1.76 bits per heavy atom. The first-order chi connectivity index (χ1) is 12.0. The summed E-state index contributed by atoms with van der Waals surface area (Å²) in [6.45, 7) is 0.854. The summed E-state index contributed by atoms with van der Waals surface area (Å²) in [4.78, 5) is 11.9. The van der Waals surface area contributed by atoms with Crippen LogP contribution in [0.25, 0.3) is 0 Å². The Kier molecular flexibility index (Phi) is 7.22. The maximum atomic E-state index is 11.9. The van der Waals surface area contributed by atoms with Crippen molar-refractivity contribution in [1.82, 2.24) is 10.6 Å². The molecule has 2 N–H and O–H groups in total. The smallest absolute Gasteiger partial charge is 0.315 e. The number of carbonyl (C=O) groups is 1. The molecule has 2 rings (SSSR count). The molecule has 0 radical (unpaired) electrons. The van der Waals surface area contributed by atoms with Crippen molar-refractivity contribution in [2.75, 3.05) is 20.8 Å². The molecule has 0 spiro atoms. The standard InChI is InChI=1S/C18H20Cl2N2O3/c1-24-16-6-3-12(9-17(16)25-2)11-22-18(23)21-8-7-13-4-5-14(19)10-15(13)20/h3-6,9-10H,7-8,11H2,1-2H3,(H2,21,22,23). The Balaban J connectivity index is 1.79. The number of rotatable bonds is 7. The van der Waals surface area contributed by atoms with Gasteiger partial charge in [-0.25, -0.2) is 4.79 Å².